The zero-order chi connectivity index (χ0) is 64.7. The van der Waals surface area contributed by atoms with Crippen LogP contribution in [0.25, 0.3) is 0 Å². The number of aliphatic hydroxyl groups excluding tert-OH is 14. The summed E-state index contributed by atoms with van der Waals surface area (Å²) < 4.78 is 69.4. The Kier molecular flexibility index (Phi) is 19.1. The van der Waals surface area contributed by atoms with Crippen LogP contribution in [0.15, 0.2) is 11.6 Å². The second kappa shape index (κ2) is 24.5. The highest BCUT2D eigenvalue weighted by molar-refractivity contribution is 5.87. The highest BCUT2D eigenvalue weighted by Crippen LogP contribution is 2.82. The third kappa shape index (κ3) is 10.4. The molecule has 0 radical (unpaired) electrons. The third-order valence-corrected chi connectivity index (χ3v) is 24.1. The quantitative estimate of drug-likeness (QED) is 0.0509. The molecule has 504 valence electrons. The summed E-state index contributed by atoms with van der Waals surface area (Å²) in [4.78, 5) is 26.7. The van der Waals surface area contributed by atoms with Crippen molar-refractivity contribution >= 4 is 11.9 Å². The second-order valence-corrected chi connectivity index (χ2v) is 29.2. The maximum atomic E-state index is 13.5. The first-order valence-electron chi connectivity index (χ1n) is 31.4. The molecule has 1 spiro atoms. The summed E-state index contributed by atoms with van der Waals surface area (Å²) in [6, 6.07) is 0. The van der Waals surface area contributed by atoms with Crippen molar-refractivity contribution < 1.29 is 133 Å². The number of rotatable bonds is 14. The van der Waals surface area contributed by atoms with Crippen LogP contribution in [0.4, 0.5) is 0 Å². The van der Waals surface area contributed by atoms with Crippen molar-refractivity contribution in [2.24, 2.45) is 50.2 Å². The van der Waals surface area contributed by atoms with Gasteiger partial charge in [-0.15, -0.1) is 0 Å². The zero-order valence-corrected chi connectivity index (χ0v) is 52.1. The van der Waals surface area contributed by atoms with Gasteiger partial charge in [-0.05, 0) is 100 Å². The molecule has 5 heterocycles. The molecule has 5 saturated heterocycles. The van der Waals surface area contributed by atoms with Crippen molar-refractivity contribution in [3.8, 4) is 0 Å². The van der Waals surface area contributed by atoms with E-state index in [0.717, 1.165) is 0 Å². The molecule has 0 aromatic heterocycles. The Morgan fingerprint density at radius 1 is 0.534 bits per heavy atom. The van der Waals surface area contributed by atoms with Crippen molar-refractivity contribution in [1.82, 2.24) is 0 Å². The summed E-state index contributed by atoms with van der Waals surface area (Å²) in [5, 5.41) is 157. The number of carbonyl (C=O) groups excluding carboxylic acids is 2. The van der Waals surface area contributed by atoms with Gasteiger partial charge >= 0.3 is 11.9 Å². The van der Waals surface area contributed by atoms with Crippen molar-refractivity contribution in [2.75, 3.05) is 19.8 Å². The van der Waals surface area contributed by atoms with Crippen LogP contribution in [-0.2, 0) is 61.7 Å². The molecule has 0 aromatic carbocycles. The fourth-order valence-electron chi connectivity index (χ4n) is 19.0. The number of allylic oxidation sites excluding steroid dienone is 1. The first-order chi connectivity index (χ1) is 41.1. The molecule has 2 bridgehead atoms. The van der Waals surface area contributed by atoms with E-state index in [9.17, 15) is 81.1 Å². The Morgan fingerprint density at radius 3 is 1.67 bits per heavy atom. The summed E-state index contributed by atoms with van der Waals surface area (Å²) in [7, 11) is 0. The van der Waals surface area contributed by atoms with Crippen LogP contribution >= 0.6 is 0 Å². The summed E-state index contributed by atoms with van der Waals surface area (Å²) >= 11 is 0. The van der Waals surface area contributed by atoms with Gasteiger partial charge in [-0.2, -0.15) is 0 Å². The molecule has 0 aromatic rings. The predicted molar refractivity (Wildman–Crippen MR) is 298 cm³/mol. The number of esters is 2. The molecule has 5 aliphatic heterocycles. The van der Waals surface area contributed by atoms with E-state index in [1.165, 1.54) is 13.8 Å². The number of fused-ring (bicyclic) bond motifs is 4. The second-order valence-electron chi connectivity index (χ2n) is 29.2. The van der Waals surface area contributed by atoms with Gasteiger partial charge in [0.05, 0.1) is 49.1 Å². The first-order valence-corrected chi connectivity index (χ1v) is 31.4. The van der Waals surface area contributed by atoms with Crippen LogP contribution in [0.5, 0.6) is 0 Å². The highest BCUT2D eigenvalue weighted by atomic mass is 16.8. The lowest BCUT2D eigenvalue weighted by Crippen LogP contribution is -2.77. The van der Waals surface area contributed by atoms with E-state index in [4.69, 9.17) is 52.1 Å². The first kappa shape index (κ1) is 68.6. The molecule has 5 aliphatic carbocycles. The molecule has 33 atom stereocenters. The molecule has 10 rings (SSSR count). The third-order valence-electron chi connectivity index (χ3n) is 24.1. The number of aliphatic hydroxyl groups is 14. The Labute approximate surface area is 512 Å². The molecular weight excluding hydrogens is 1160 g/mol. The highest BCUT2D eigenvalue weighted by Gasteiger charge is 2.86. The van der Waals surface area contributed by atoms with Gasteiger partial charge in [-0.25, -0.2) is 4.79 Å². The smallest absolute Gasteiger partial charge is 0.333 e. The van der Waals surface area contributed by atoms with E-state index in [-0.39, 0.29) is 18.3 Å². The van der Waals surface area contributed by atoms with Crippen molar-refractivity contribution in [1.29, 1.82) is 0 Å². The van der Waals surface area contributed by atoms with Crippen molar-refractivity contribution in [2.45, 2.75) is 287 Å². The van der Waals surface area contributed by atoms with E-state index < -0.39 is 229 Å². The number of carbonyl (C=O) groups is 2. The average Bonchev–Trinajstić information content (AvgIpc) is 1.34. The topological polar surface area (TPSA) is 419 Å². The van der Waals surface area contributed by atoms with Gasteiger partial charge in [0.1, 0.15) is 97.7 Å². The van der Waals surface area contributed by atoms with Gasteiger partial charge < -0.3 is 124 Å². The zero-order valence-electron chi connectivity index (χ0n) is 52.1. The van der Waals surface area contributed by atoms with Crippen molar-refractivity contribution in [3.05, 3.63) is 11.6 Å². The molecule has 10 aliphatic rings. The monoisotopic (exact) mass is 1260 g/mol. The van der Waals surface area contributed by atoms with Gasteiger partial charge in [0.2, 0.25) is 0 Å². The molecule has 27 heteroatoms. The maximum Gasteiger partial charge on any atom is 0.333 e. The minimum Gasteiger partial charge on any atom is -0.458 e. The van der Waals surface area contributed by atoms with E-state index >= 15 is 0 Å². The van der Waals surface area contributed by atoms with E-state index in [1.54, 1.807) is 19.9 Å². The lowest BCUT2D eigenvalue weighted by atomic mass is 9.30. The van der Waals surface area contributed by atoms with Gasteiger partial charge in [0, 0.05) is 29.2 Å². The molecule has 27 nitrogen and oxygen atoms in total. The summed E-state index contributed by atoms with van der Waals surface area (Å²) in [6.07, 6.45) is -35.9. The lowest BCUT2D eigenvalue weighted by Gasteiger charge is -2.75. The molecule has 5 saturated carbocycles. The molecule has 3 unspecified atom stereocenters. The van der Waals surface area contributed by atoms with E-state index in [0.29, 0.717) is 50.5 Å². The van der Waals surface area contributed by atoms with Gasteiger partial charge in [-0.1, -0.05) is 54.5 Å². The lowest BCUT2D eigenvalue weighted by molar-refractivity contribution is -0.409. The normalized spacial score (nSPS) is 54.0. The molecule has 0 amide bonds. The van der Waals surface area contributed by atoms with Crippen LogP contribution in [0, 0.1) is 50.2 Å². The predicted octanol–water partition coefficient (Wildman–Crippen LogP) is -1.98. The van der Waals surface area contributed by atoms with Crippen LogP contribution in [0.2, 0.25) is 0 Å². The number of ether oxygens (including phenoxy) is 11. The fraction of sp³-hybridized carbons (Fsp3) is 0.934. The minimum atomic E-state index is -2.02. The van der Waals surface area contributed by atoms with Crippen molar-refractivity contribution in [3.63, 3.8) is 0 Å². The number of hydrogen-bond donors (Lipinski definition) is 14. The largest absolute Gasteiger partial charge is 0.458 e. The van der Waals surface area contributed by atoms with E-state index in [2.05, 4.69) is 34.6 Å². The van der Waals surface area contributed by atoms with E-state index in [1.807, 2.05) is 13.8 Å². The summed E-state index contributed by atoms with van der Waals surface area (Å²) in [5.74, 6) is -1.91. The fourth-order valence-corrected chi connectivity index (χ4v) is 19.0. The van der Waals surface area contributed by atoms with Crippen LogP contribution in [-0.4, -0.2) is 262 Å². The van der Waals surface area contributed by atoms with Crippen LogP contribution < -0.4 is 0 Å². The van der Waals surface area contributed by atoms with Crippen LogP contribution in [0.3, 0.4) is 0 Å². The summed E-state index contributed by atoms with van der Waals surface area (Å²) in [6.45, 7) is 18.1. The SMILES string of the molecule is C/C=C(\C)C(=O)O[C@H]1[C@H](OC(C)=O)[C@@]23C(CC1(C)C)[C@]1(CCC4[C@@]5(C)CC[C@H](O[C@@H]6O[C@H](CO)[C@@H](O)[C@H](O[C@@H]7O[C@H](CO)[C@H](O)[C@H](O)[C@H]7O[C@@H]7O[C@@H](C)[C@H](O)[C@@H](O)[C@H]7O)[C@H]6O[C@@H]6O[C@H](CO)[C@H](O)[C@H](O)[C@H]6O)C(C)(C)C5CC[C@@]4(C)[C@]1(C)C[C@H]2O)O[C@@H]3O. The standard InChI is InChI=1S/C61H98O27/c1-12-24(2)49(76)87-47-48(79-26(4)65)61-32(19-55(47,5)6)60(88-54(61)77)18-14-31-57(9)16-15-34(56(7,8)30(57)13-17-58(31,10)59(60,11)20-33(61)66)83-53-46(86-51-43(75)40(72)36(68)27(21-62)80-51)44(38(70)29(23-64)82-53)84-52-45(41(73)37(69)28(22-63)81-52)85-50-42(74)39(71)35(67)25(3)78-50/h12,25,27-48,50-54,62-64,66-75,77H,13-23H2,1-11H3/b24-12+/t25-,27+,28+,29+,30?,31?,32?,33+,34-,35-,36-,37-,38+,39+,40-,41-,42+,43+,44-,45+,46+,47-,48-,50-,51-,52-,53-,54-,57-,58+,59-,60-,61+/m0/s1. The molecule has 10 fully saturated rings. The Bertz CT molecular complexity index is 2540. The Balaban J connectivity index is 0.962. The molecule has 88 heavy (non-hydrogen) atoms. The minimum absolute atomic E-state index is 0.00662. The Hall–Kier alpha value is -2.24. The Morgan fingerprint density at radius 2 is 1.07 bits per heavy atom. The molecule has 14 N–H and O–H groups in total. The van der Waals surface area contributed by atoms with Gasteiger partial charge in [0.15, 0.2) is 37.6 Å². The maximum absolute atomic E-state index is 13.5. The van der Waals surface area contributed by atoms with Gasteiger partial charge in [-0.3, -0.25) is 4.79 Å². The number of hydrogen-bond acceptors (Lipinski definition) is 27. The summed E-state index contributed by atoms with van der Waals surface area (Å²) in [5.41, 5.74) is -5.56. The van der Waals surface area contributed by atoms with Crippen LogP contribution in [0.1, 0.15) is 128 Å². The molecular formula is C61H98O27. The average molecular weight is 1260 g/mol. The van der Waals surface area contributed by atoms with Gasteiger partial charge in [0.25, 0.3) is 0 Å².